The van der Waals surface area contributed by atoms with Gasteiger partial charge in [-0.2, -0.15) is 0 Å². The molecule has 20 heavy (non-hydrogen) atoms. The van der Waals surface area contributed by atoms with E-state index in [0.717, 1.165) is 16.7 Å². The lowest BCUT2D eigenvalue weighted by Gasteiger charge is -2.13. The molecule has 0 atom stereocenters. The normalized spacial score (nSPS) is 10.2. The molecule has 0 aliphatic carbocycles. The van der Waals surface area contributed by atoms with Gasteiger partial charge in [-0.1, -0.05) is 74.1 Å². The highest BCUT2D eigenvalue weighted by Crippen LogP contribution is 2.31. The maximum atomic E-state index is 8.64. The van der Waals surface area contributed by atoms with Crippen LogP contribution < -0.4 is 0 Å². The Bertz CT molecular complexity index is 666. The minimum absolute atomic E-state index is 0.414. The Morgan fingerprint density at radius 3 is 2.45 bits per heavy atom. The van der Waals surface area contributed by atoms with Crippen molar-refractivity contribution in [3.63, 3.8) is 0 Å². The second kappa shape index (κ2) is 6.09. The van der Waals surface area contributed by atoms with E-state index < -0.39 is 0 Å². The molecule has 0 fully saturated rings. The molecule has 3 heteroatoms. The van der Waals surface area contributed by atoms with Crippen LogP contribution in [0.1, 0.15) is 30.9 Å². The SMILES string of the molecule is C=C(N=[N+]=[N-])c1cc(C(C)C)ccc1-c1ccccc1. The van der Waals surface area contributed by atoms with Crippen molar-refractivity contribution in [2.75, 3.05) is 0 Å². The van der Waals surface area contributed by atoms with Gasteiger partial charge in [0.15, 0.2) is 0 Å². The van der Waals surface area contributed by atoms with Gasteiger partial charge in [0.2, 0.25) is 0 Å². The van der Waals surface area contributed by atoms with Crippen LogP contribution in [0.25, 0.3) is 27.3 Å². The maximum absolute atomic E-state index is 8.64. The summed E-state index contributed by atoms with van der Waals surface area (Å²) in [6.45, 7) is 8.15. The fourth-order valence-corrected chi connectivity index (χ4v) is 2.14. The topological polar surface area (TPSA) is 48.8 Å². The number of hydrogen-bond acceptors (Lipinski definition) is 1. The second-order valence-electron chi connectivity index (χ2n) is 4.96. The molecule has 0 saturated carbocycles. The van der Waals surface area contributed by atoms with Gasteiger partial charge in [0.25, 0.3) is 0 Å². The Labute approximate surface area is 119 Å². The highest BCUT2D eigenvalue weighted by Gasteiger charge is 2.10. The van der Waals surface area contributed by atoms with E-state index in [-0.39, 0.29) is 0 Å². The lowest BCUT2D eigenvalue weighted by molar-refractivity contribution is 0.866. The van der Waals surface area contributed by atoms with Crippen LogP contribution in [0.5, 0.6) is 0 Å². The zero-order valence-corrected chi connectivity index (χ0v) is 11.7. The first-order valence-electron chi connectivity index (χ1n) is 6.57. The number of hydrogen-bond donors (Lipinski definition) is 0. The molecule has 0 aromatic heterocycles. The molecule has 2 aromatic carbocycles. The summed E-state index contributed by atoms with van der Waals surface area (Å²) < 4.78 is 0. The monoisotopic (exact) mass is 263 g/mol. The predicted molar refractivity (Wildman–Crippen MR) is 84.1 cm³/mol. The van der Waals surface area contributed by atoms with E-state index in [0.29, 0.717) is 11.6 Å². The third kappa shape index (κ3) is 2.90. The van der Waals surface area contributed by atoms with E-state index >= 15 is 0 Å². The molecule has 2 rings (SSSR count). The average molecular weight is 263 g/mol. The Balaban J connectivity index is 2.62. The summed E-state index contributed by atoms with van der Waals surface area (Å²) in [7, 11) is 0. The lowest BCUT2D eigenvalue weighted by atomic mass is 9.92. The second-order valence-corrected chi connectivity index (χ2v) is 4.96. The van der Waals surface area contributed by atoms with Gasteiger partial charge in [-0.15, -0.1) is 0 Å². The minimum atomic E-state index is 0.414. The molecule has 0 aliphatic heterocycles. The quantitative estimate of drug-likeness (QED) is 0.382. The molecule has 0 heterocycles. The van der Waals surface area contributed by atoms with Gasteiger partial charge in [0.1, 0.15) is 0 Å². The van der Waals surface area contributed by atoms with Crippen molar-refractivity contribution < 1.29 is 0 Å². The summed E-state index contributed by atoms with van der Waals surface area (Å²) in [5, 5.41) is 3.67. The van der Waals surface area contributed by atoms with Gasteiger partial charge in [-0.3, -0.25) is 0 Å². The summed E-state index contributed by atoms with van der Waals surface area (Å²) in [4.78, 5) is 2.85. The molecule has 100 valence electrons. The highest BCUT2D eigenvalue weighted by atomic mass is 15.1. The summed E-state index contributed by atoms with van der Waals surface area (Å²) in [5.74, 6) is 0.414. The van der Waals surface area contributed by atoms with Crippen LogP contribution in [-0.4, -0.2) is 0 Å². The molecule has 0 spiro atoms. The average Bonchev–Trinajstić information content (AvgIpc) is 2.47. The van der Waals surface area contributed by atoms with E-state index in [9.17, 15) is 0 Å². The largest absolute Gasteiger partial charge is 0.0889 e. The Kier molecular flexibility index (Phi) is 4.24. The minimum Gasteiger partial charge on any atom is -0.0889 e. The molecule has 0 saturated heterocycles. The van der Waals surface area contributed by atoms with Gasteiger partial charge in [0.05, 0.1) is 0 Å². The standard InChI is InChI=1S/C17H17N3/c1-12(2)15-9-10-16(14-7-5-4-6-8-14)17(11-15)13(3)19-20-18/h4-12H,3H2,1-2H3. The zero-order valence-electron chi connectivity index (χ0n) is 11.7. The van der Waals surface area contributed by atoms with E-state index in [4.69, 9.17) is 5.53 Å². The number of nitrogens with zero attached hydrogens (tertiary/aromatic N) is 3. The van der Waals surface area contributed by atoms with Crippen molar-refractivity contribution in [3.8, 4) is 11.1 Å². The molecule has 0 bridgehead atoms. The van der Waals surface area contributed by atoms with E-state index in [1.54, 1.807) is 0 Å². The van der Waals surface area contributed by atoms with E-state index in [1.807, 2.05) is 30.3 Å². The van der Waals surface area contributed by atoms with Crippen LogP contribution in [0.15, 0.2) is 60.2 Å². The zero-order chi connectivity index (χ0) is 14.5. The third-order valence-electron chi connectivity index (χ3n) is 3.27. The molecule has 0 unspecified atom stereocenters. The fraction of sp³-hybridized carbons (Fsp3) is 0.176. The van der Waals surface area contributed by atoms with Gasteiger partial charge in [-0.25, -0.2) is 0 Å². The fourth-order valence-electron chi connectivity index (χ4n) is 2.14. The molecule has 0 radical (unpaired) electrons. The Hall–Kier alpha value is -2.51. The van der Waals surface area contributed by atoms with Crippen LogP contribution in [0.4, 0.5) is 0 Å². The smallest absolute Gasteiger partial charge is 0.0382 e. The third-order valence-corrected chi connectivity index (χ3v) is 3.27. The first-order valence-corrected chi connectivity index (χ1v) is 6.57. The highest BCUT2D eigenvalue weighted by molar-refractivity contribution is 5.80. The van der Waals surface area contributed by atoms with Crippen LogP contribution in [0.2, 0.25) is 0 Å². The summed E-state index contributed by atoms with van der Waals surface area (Å²) in [6, 6.07) is 16.3. The van der Waals surface area contributed by atoms with Crippen LogP contribution >= 0.6 is 0 Å². The van der Waals surface area contributed by atoms with Crippen molar-refractivity contribution in [1.29, 1.82) is 0 Å². The van der Waals surface area contributed by atoms with Crippen molar-refractivity contribution in [3.05, 3.63) is 76.7 Å². The lowest BCUT2D eigenvalue weighted by Crippen LogP contribution is -1.93. The molecule has 0 N–H and O–H groups in total. The molecular formula is C17H17N3. The van der Waals surface area contributed by atoms with Crippen molar-refractivity contribution >= 4 is 5.70 Å². The summed E-state index contributed by atoms with van der Waals surface area (Å²) in [5.41, 5.74) is 13.3. The van der Waals surface area contributed by atoms with Gasteiger partial charge in [0, 0.05) is 10.6 Å². The molecule has 0 amide bonds. The number of rotatable bonds is 4. The van der Waals surface area contributed by atoms with Crippen molar-refractivity contribution in [2.45, 2.75) is 19.8 Å². The predicted octanol–water partition coefficient (Wildman–Crippen LogP) is 5.76. The van der Waals surface area contributed by atoms with Gasteiger partial charge in [-0.05, 0) is 33.7 Å². The van der Waals surface area contributed by atoms with Crippen molar-refractivity contribution in [2.24, 2.45) is 5.11 Å². The first kappa shape index (κ1) is 13.9. The van der Waals surface area contributed by atoms with Crippen LogP contribution in [0, 0.1) is 0 Å². The van der Waals surface area contributed by atoms with Gasteiger partial charge < -0.3 is 0 Å². The first-order chi connectivity index (χ1) is 9.63. The maximum Gasteiger partial charge on any atom is 0.0382 e. The molecular weight excluding hydrogens is 246 g/mol. The number of benzene rings is 2. The van der Waals surface area contributed by atoms with Crippen LogP contribution in [0.3, 0.4) is 0 Å². The van der Waals surface area contributed by atoms with Crippen molar-refractivity contribution in [1.82, 2.24) is 0 Å². The Morgan fingerprint density at radius 1 is 1.15 bits per heavy atom. The number of azide groups is 1. The van der Waals surface area contributed by atoms with Gasteiger partial charge >= 0.3 is 0 Å². The van der Waals surface area contributed by atoms with E-state index in [2.05, 4.69) is 48.7 Å². The molecule has 2 aromatic rings. The van der Waals surface area contributed by atoms with Crippen LogP contribution in [-0.2, 0) is 0 Å². The summed E-state index contributed by atoms with van der Waals surface area (Å²) >= 11 is 0. The summed E-state index contributed by atoms with van der Waals surface area (Å²) in [6.07, 6.45) is 0. The Morgan fingerprint density at radius 2 is 1.85 bits per heavy atom. The van der Waals surface area contributed by atoms with E-state index in [1.165, 1.54) is 5.56 Å². The molecule has 0 aliphatic rings. The molecule has 3 nitrogen and oxygen atoms in total.